The number of anilines is 2. The van der Waals surface area contributed by atoms with E-state index >= 15 is 0 Å². The van der Waals surface area contributed by atoms with Crippen LogP contribution in [0.4, 0.5) is 16.3 Å². The van der Waals surface area contributed by atoms with Gasteiger partial charge in [-0.15, -0.1) is 0 Å². The molecule has 0 bridgehead atoms. The maximum absolute atomic E-state index is 12.5. The topological polar surface area (TPSA) is 74.8 Å². The normalized spacial score (nSPS) is 14.0. The van der Waals surface area contributed by atoms with Crippen molar-refractivity contribution in [2.75, 3.05) is 43.5 Å². The number of methoxy groups -OCH3 is 1. The number of hydrogen-bond acceptors (Lipinski definition) is 5. The second kappa shape index (κ2) is 8.79. The highest BCUT2D eigenvalue weighted by atomic mass is 79.9. The first-order valence-corrected chi connectivity index (χ1v) is 9.87. The third kappa shape index (κ3) is 4.56. The first kappa shape index (κ1) is 20.4. The van der Waals surface area contributed by atoms with E-state index in [0.717, 1.165) is 15.9 Å². The minimum absolute atomic E-state index is 0.206. The molecule has 1 aromatic carbocycles. The monoisotopic (exact) mass is 466 g/mol. The number of ether oxygens (including phenoxy) is 1. The summed E-state index contributed by atoms with van der Waals surface area (Å²) in [5, 5.41) is 3.05. The molecule has 7 nitrogen and oxygen atoms in total. The number of urea groups is 1. The molecule has 28 heavy (non-hydrogen) atoms. The van der Waals surface area contributed by atoms with Crippen LogP contribution in [-0.4, -0.2) is 55.2 Å². The van der Waals surface area contributed by atoms with E-state index in [4.69, 9.17) is 11.6 Å². The Labute approximate surface area is 176 Å². The number of carbonyl (C=O) groups is 2. The Morgan fingerprint density at radius 1 is 1.21 bits per heavy atom. The molecule has 1 aliphatic rings. The summed E-state index contributed by atoms with van der Waals surface area (Å²) in [5.74, 6) is 0.421. The van der Waals surface area contributed by atoms with E-state index in [0.29, 0.717) is 31.9 Å². The zero-order valence-corrected chi connectivity index (χ0v) is 17.9. The molecule has 1 aromatic heterocycles. The Kier molecular flexibility index (Phi) is 6.41. The number of carbonyl (C=O) groups excluding carboxylic acids is 2. The molecule has 3 rings (SSSR count). The number of nitrogens with one attached hydrogen (secondary N) is 1. The quantitative estimate of drug-likeness (QED) is 0.692. The highest BCUT2D eigenvalue weighted by Crippen LogP contribution is 2.24. The molecule has 1 N–H and O–H groups in total. The number of benzene rings is 1. The van der Waals surface area contributed by atoms with Gasteiger partial charge in [-0.25, -0.2) is 14.6 Å². The molecule has 2 aromatic rings. The van der Waals surface area contributed by atoms with Crippen molar-refractivity contribution < 1.29 is 14.3 Å². The van der Waals surface area contributed by atoms with Gasteiger partial charge in [0.1, 0.15) is 5.82 Å². The van der Waals surface area contributed by atoms with Crippen LogP contribution in [0, 0.1) is 6.92 Å². The number of pyridine rings is 1. The van der Waals surface area contributed by atoms with Crippen molar-refractivity contribution in [3.05, 3.63) is 51.1 Å². The van der Waals surface area contributed by atoms with Crippen LogP contribution in [0.5, 0.6) is 0 Å². The Hall–Kier alpha value is -2.32. The van der Waals surface area contributed by atoms with Gasteiger partial charge in [0.15, 0.2) is 0 Å². The van der Waals surface area contributed by atoms with Crippen molar-refractivity contribution in [3.8, 4) is 0 Å². The molecule has 0 saturated carbocycles. The van der Waals surface area contributed by atoms with Crippen molar-refractivity contribution in [1.82, 2.24) is 9.88 Å². The van der Waals surface area contributed by atoms with Crippen LogP contribution >= 0.6 is 27.5 Å². The van der Waals surface area contributed by atoms with E-state index in [-0.39, 0.29) is 16.6 Å². The van der Waals surface area contributed by atoms with E-state index in [9.17, 15) is 9.59 Å². The zero-order chi connectivity index (χ0) is 20.3. The van der Waals surface area contributed by atoms with E-state index in [2.05, 4.69) is 35.9 Å². The average Bonchev–Trinajstić information content (AvgIpc) is 2.68. The summed E-state index contributed by atoms with van der Waals surface area (Å²) >= 11 is 9.53. The van der Waals surface area contributed by atoms with Gasteiger partial charge in [-0.1, -0.05) is 11.6 Å². The Morgan fingerprint density at radius 3 is 2.54 bits per heavy atom. The lowest BCUT2D eigenvalue weighted by molar-refractivity contribution is 0.0601. The van der Waals surface area contributed by atoms with Gasteiger partial charge in [0.2, 0.25) is 0 Å². The standard InChI is InChI=1S/C19H20BrClN4O3/c1-12-9-13(20)11-22-17(12)24-5-7-25(8-6-24)19(27)23-14-3-4-15(16(21)10-14)18(26)28-2/h3-4,9-11H,5-8H2,1-2H3,(H,23,27). The molecule has 0 radical (unpaired) electrons. The first-order chi connectivity index (χ1) is 13.4. The molecule has 0 unspecified atom stereocenters. The van der Waals surface area contributed by atoms with Crippen LogP contribution in [0.3, 0.4) is 0 Å². The molecular weight excluding hydrogens is 448 g/mol. The number of aromatic nitrogens is 1. The molecular formula is C19H20BrClN4O3. The van der Waals surface area contributed by atoms with Crippen molar-refractivity contribution in [2.45, 2.75) is 6.92 Å². The summed E-state index contributed by atoms with van der Waals surface area (Å²) < 4.78 is 5.61. The van der Waals surface area contributed by atoms with Crippen LogP contribution in [0.15, 0.2) is 34.9 Å². The van der Waals surface area contributed by atoms with Gasteiger partial charge >= 0.3 is 12.0 Å². The van der Waals surface area contributed by atoms with Crippen LogP contribution in [0.1, 0.15) is 15.9 Å². The molecule has 9 heteroatoms. The number of rotatable bonds is 3. The number of piperazine rings is 1. The molecule has 1 aliphatic heterocycles. The minimum atomic E-state index is -0.518. The Morgan fingerprint density at radius 2 is 1.93 bits per heavy atom. The van der Waals surface area contributed by atoms with Crippen molar-refractivity contribution >= 4 is 51.0 Å². The molecule has 1 saturated heterocycles. The van der Waals surface area contributed by atoms with Gasteiger partial charge in [-0.3, -0.25) is 0 Å². The maximum atomic E-state index is 12.5. The van der Waals surface area contributed by atoms with Gasteiger partial charge in [-0.2, -0.15) is 0 Å². The van der Waals surface area contributed by atoms with Crippen molar-refractivity contribution in [1.29, 1.82) is 0 Å². The Balaban J connectivity index is 1.59. The van der Waals surface area contributed by atoms with Gasteiger partial charge in [0.05, 0.1) is 17.7 Å². The average molecular weight is 468 g/mol. The molecule has 148 valence electrons. The van der Waals surface area contributed by atoms with Gasteiger partial charge in [0, 0.05) is 42.5 Å². The summed E-state index contributed by atoms with van der Waals surface area (Å²) in [4.78, 5) is 32.5. The SMILES string of the molecule is COC(=O)c1ccc(NC(=O)N2CCN(c3ncc(Br)cc3C)CC2)cc1Cl. The van der Waals surface area contributed by atoms with Gasteiger partial charge in [0.25, 0.3) is 0 Å². The number of hydrogen-bond donors (Lipinski definition) is 1. The lowest BCUT2D eigenvalue weighted by Crippen LogP contribution is -2.50. The van der Waals surface area contributed by atoms with Crippen LogP contribution < -0.4 is 10.2 Å². The third-order valence-corrected chi connectivity index (χ3v) is 5.26. The fourth-order valence-electron chi connectivity index (χ4n) is 3.06. The largest absolute Gasteiger partial charge is 0.465 e. The number of esters is 1. The molecule has 0 aliphatic carbocycles. The van der Waals surface area contributed by atoms with Gasteiger partial charge < -0.3 is 19.9 Å². The number of nitrogens with zero attached hydrogens (tertiary/aromatic N) is 3. The van der Waals surface area contributed by atoms with Crippen molar-refractivity contribution in [2.24, 2.45) is 0 Å². The number of halogens is 2. The highest BCUT2D eigenvalue weighted by molar-refractivity contribution is 9.10. The molecule has 2 amide bonds. The molecule has 1 fully saturated rings. The maximum Gasteiger partial charge on any atom is 0.339 e. The fraction of sp³-hybridized carbons (Fsp3) is 0.316. The second-order valence-corrected chi connectivity index (χ2v) is 7.71. The lowest BCUT2D eigenvalue weighted by Gasteiger charge is -2.36. The predicted octanol–water partition coefficient (Wildman–Crippen LogP) is 3.95. The predicted molar refractivity (Wildman–Crippen MR) is 112 cm³/mol. The summed E-state index contributed by atoms with van der Waals surface area (Å²) in [6, 6.07) is 6.52. The summed E-state index contributed by atoms with van der Waals surface area (Å²) in [6.07, 6.45) is 1.78. The van der Waals surface area contributed by atoms with Gasteiger partial charge in [-0.05, 0) is 52.7 Å². The third-order valence-electron chi connectivity index (χ3n) is 4.51. The summed E-state index contributed by atoms with van der Waals surface area (Å²) in [7, 11) is 1.29. The minimum Gasteiger partial charge on any atom is -0.465 e. The van der Waals surface area contributed by atoms with E-state index in [1.807, 2.05) is 13.0 Å². The van der Waals surface area contributed by atoms with E-state index < -0.39 is 5.97 Å². The van der Waals surface area contributed by atoms with Crippen LogP contribution in [0.25, 0.3) is 0 Å². The van der Waals surface area contributed by atoms with Crippen LogP contribution in [0.2, 0.25) is 5.02 Å². The second-order valence-electron chi connectivity index (χ2n) is 6.38. The lowest BCUT2D eigenvalue weighted by atomic mass is 10.2. The fourth-order valence-corrected chi connectivity index (χ4v) is 3.76. The highest BCUT2D eigenvalue weighted by Gasteiger charge is 2.23. The van der Waals surface area contributed by atoms with Crippen LogP contribution in [-0.2, 0) is 4.74 Å². The number of amides is 2. The first-order valence-electron chi connectivity index (χ1n) is 8.70. The van der Waals surface area contributed by atoms with Crippen molar-refractivity contribution in [3.63, 3.8) is 0 Å². The molecule has 2 heterocycles. The van der Waals surface area contributed by atoms with E-state index in [1.165, 1.54) is 19.2 Å². The summed E-state index contributed by atoms with van der Waals surface area (Å²) in [5.41, 5.74) is 1.87. The summed E-state index contributed by atoms with van der Waals surface area (Å²) in [6.45, 7) is 4.58. The Bertz CT molecular complexity index is 901. The zero-order valence-electron chi connectivity index (χ0n) is 15.5. The molecule has 0 atom stereocenters. The smallest absolute Gasteiger partial charge is 0.339 e. The molecule has 0 spiro atoms. The number of aryl methyl sites for hydroxylation is 1. The van der Waals surface area contributed by atoms with E-state index in [1.54, 1.807) is 17.2 Å².